The third-order valence-corrected chi connectivity index (χ3v) is 6.11. The second-order valence-corrected chi connectivity index (χ2v) is 9.02. The number of piperidine rings is 1. The van der Waals surface area contributed by atoms with Crippen molar-refractivity contribution in [1.82, 2.24) is 14.5 Å². The van der Waals surface area contributed by atoms with Gasteiger partial charge in [0.15, 0.2) is 0 Å². The van der Waals surface area contributed by atoms with Gasteiger partial charge in [-0.2, -0.15) is 0 Å². The first-order chi connectivity index (χ1) is 15.4. The van der Waals surface area contributed by atoms with E-state index in [1.165, 1.54) is 5.56 Å². The van der Waals surface area contributed by atoms with Crippen molar-refractivity contribution >= 4 is 11.6 Å². The number of rotatable bonds is 8. The molecule has 0 saturated carbocycles. The number of aryl methyl sites for hydroxylation is 1. The summed E-state index contributed by atoms with van der Waals surface area (Å²) in [5.74, 6) is 2.53. The lowest BCUT2D eigenvalue weighted by atomic mass is 9.91. The van der Waals surface area contributed by atoms with Crippen molar-refractivity contribution in [1.29, 1.82) is 0 Å². The smallest absolute Gasteiger partial charge is 0.129 e. The fourth-order valence-corrected chi connectivity index (χ4v) is 4.30. The Morgan fingerprint density at radius 2 is 2.00 bits per heavy atom. The predicted molar refractivity (Wildman–Crippen MR) is 125 cm³/mol. The molecule has 2 heterocycles. The Morgan fingerprint density at radius 3 is 2.69 bits per heavy atom. The Balaban J connectivity index is 1.27. The van der Waals surface area contributed by atoms with E-state index in [1.807, 2.05) is 50.4 Å². The molecule has 1 N–H and O–H groups in total. The summed E-state index contributed by atoms with van der Waals surface area (Å²) in [6.07, 6.45) is 4.23. The maximum atomic E-state index is 11.0. The highest BCUT2D eigenvalue weighted by atomic mass is 35.5. The Morgan fingerprint density at radius 1 is 1.19 bits per heavy atom. The SMILES string of the molecule is Cc1nccn1CCOc1ccc(CN2CC[C@H](Oc3cccc(Cl)c3)[C@@](C)(O)C2)cc1. The zero-order valence-electron chi connectivity index (χ0n) is 18.6. The summed E-state index contributed by atoms with van der Waals surface area (Å²) in [6.45, 7) is 7.36. The lowest BCUT2D eigenvalue weighted by molar-refractivity contribution is -0.0993. The molecule has 0 radical (unpaired) electrons. The second kappa shape index (κ2) is 9.94. The van der Waals surface area contributed by atoms with E-state index in [0.29, 0.717) is 23.9 Å². The second-order valence-electron chi connectivity index (χ2n) is 8.58. The van der Waals surface area contributed by atoms with E-state index in [9.17, 15) is 5.11 Å². The van der Waals surface area contributed by atoms with Gasteiger partial charge < -0.3 is 19.1 Å². The fourth-order valence-electron chi connectivity index (χ4n) is 4.12. The third kappa shape index (κ3) is 5.82. The topological polar surface area (TPSA) is 59.8 Å². The Hall–Kier alpha value is -2.54. The number of imidazole rings is 1. The molecule has 32 heavy (non-hydrogen) atoms. The van der Waals surface area contributed by atoms with Crippen LogP contribution in [0.3, 0.4) is 0 Å². The molecule has 2 aromatic carbocycles. The van der Waals surface area contributed by atoms with E-state index < -0.39 is 5.60 Å². The van der Waals surface area contributed by atoms with Crippen molar-refractivity contribution in [3.8, 4) is 11.5 Å². The fraction of sp³-hybridized carbons (Fsp3) is 0.400. The van der Waals surface area contributed by atoms with Crippen LogP contribution in [0.15, 0.2) is 60.9 Å². The van der Waals surface area contributed by atoms with E-state index in [1.54, 1.807) is 12.3 Å². The van der Waals surface area contributed by atoms with Crippen molar-refractivity contribution in [2.75, 3.05) is 19.7 Å². The van der Waals surface area contributed by atoms with Crippen molar-refractivity contribution in [2.45, 2.75) is 45.1 Å². The number of aliphatic hydroxyl groups is 1. The van der Waals surface area contributed by atoms with Crippen LogP contribution in [0.5, 0.6) is 11.5 Å². The zero-order valence-corrected chi connectivity index (χ0v) is 19.3. The molecule has 0 unspecified atom stereocenters. The standard InChI is InChI=1S/C25H30ClN3O3/c1-19-27-11-13-29(19)14-15-31-22-8-6-20(7-9-22)17-28-12-10-24(25(2,30)18-28)32-23-5-3-4-21(26)16-23/h3-9,11,13,16,24,30H,10,12,14-15,17-18H2,1-2H3/t24-,25-/m0/s1. The highest BCUT2D eigenvalue weighted by Gasteiger charge is 2.39. The van der Waals surface area contributed by atoms with Crippen LogP contribution >= 0.6 is 11.6 Å². The number of β-amino-alcohol motifs (C(OH)–C–C–N with tert-alkyl or cyclic N) is 1. The van der Waals surface area contributed by atoms with Gasteiger partial charge >= 0.3 is 0 Å². The van der Waals surface area contributed by atoms with Gasteiger partial charge in [0.25, 0.3) is 0 Å². The van der Waals surface area contributed by atoms with Crippen LogP contribution in [0.25, 0.3) is 0 Å². The molecular weight excluding hydrogens is 426 g/mol. The van der Waals surface area contributed by atoms with E-state index >= 15 is 0 Å². The van der Waals surface area contributed by atoms with Gasteiger partial charge in [-0.05, 0) is 56.2 Å². The molecule has 0 amide bonds. The lowest BCUT2D eigenvalue weighted by Gasteiger charge is -2.42. The number of nitrogens with zero attached hydrogens (tertiary/aromatic N) is 3. The number of likely N-dealkylation sites (tertiary alicyclic amines) is 1. The number of hydrogen-bond donors (Lipinski definition) is 1. The van der Waals surface area contributed by atoms with Gasteiger partial charge in [0.1, 0.15) is 35.6 Å². The van der Waals surface area contributed by atoms with Crippen LogP contribution in [0, 0.1) is 6.92 Å². The number of hydrogen-bond acceptors (Lipinski definition) is 5. The third-order valence-electron chi connectivity index (χ3n) is 5.87. The minimum atomic E-state index is -0.949. The summed E-state index contributed by atoms with van der Waals surface area (Å²) in [5, 5.41) is 11.7. The van der Waals surface area contributed by atoms with E-state index in [-0.39, 0.29) is 6.10 Å². The van der Waals surface area contributed by atoms with Crippen molar-refractivity contribution < 1.29 is 14.6 Å². The molecule has 1 aromatic heterocycles. The first kappa shape index (κ1) is 22.6. The summed E-state index contributed by atoms with van der Waals surface area (Å²) in [4.78, 5) is 6.48. The Kier molecular flexibility index (Phi) is 7.04. The van der Waals surface area contributed by atoms with Crippen molar-refractivity contribution in [3.05, 3.63) is 77.3 Å². The van der Waals surface area contributed by atoms with E-state index in [2.05, 4.69) is 26.6 Å². The summed E-state index contributed by atoms with van der Waals surface area (Å²) in [5.41, 5.74) is 0.238. The van der Waals surface area contributed by atoms with E-state index in [0.717, 1.165) is 37.6 Å². The summed E-state index contributed by atoms with van der Waals surface area (Å²) >= 11 is 6.05. The minimum Gasteiger partial charge on any atom is -0.492 e. The van der Waals surface area contributed by atoms with Crippen LogP contribution in [-0.4, -0.2) is 51.0 Å². The minimum absolute atomic E-state index is 0.271. The molecule has 1 aliphatic heterocycles. The molecule has 1 fully saturated rings. The molecule has 0 bridgehead atoms. The van der Waals surface area contributed by atoms with E-state index in [4.69, 9.17) is 21.1 Å². The Bertz CT molecular complexity index is 1020. The van der Waals surface area contributed by atoms with Gasteiger partial charge in [0.2, 0.25) is 0 Å². The molecule has 0 spiro atoms. The van der Waals surface area contributed by atoms with Crippen LogP contribution < -0.4 is 9.47 Å². The van der Waals surface area contributed by atoms with Gasteiger partial charge in [0, 0.05) is 37.1 Å². The van der Waals surface area contributed by atoms with Crippen LogP contribution in [0.2, 0.25) is 5.02 Å². The summed E-state index contributed by atoms with van der Waals surface area (Å²) in [7, 11) is 0. The summed E-state index contributed by atoms with van der Waals surface area (Å²) in [6, 6.07) is 15.5. The maximum Gasteiger partial charge on any atom is 0.129 e. The molecule has 4 rings (SSSR count). The molecule has 6 nitrogen and oxygen atoms in total. The molecule has 170 valence electrons. The van der Waals surface area contributed by atoms with Crippen LogP contribution in [-0.2, 0) is 13.1 Å². The Labute approximate surface area is 194 Å². The van der Waals surface area contributed by atoms with Gasteiger partial charge in [-0.3, -0.25) is 4.90 Å². The normalized spacial score (nSPS) is 21.4. The number of halogens is 1. The molecule has 7 heteroatoms. The predicted octanol–water partition coefficient (Wildman–Crippen LogP) is 4.33. The largest absolute Gasteiger partial charge is 0.492 e. The van der Waals surface area contributed by atoms with Crippen LogP contribution in [0.4, 0.5) is 0 Å². The van der Waals surface area contributed by atoms with Crippen LogP contribution in [0.1, 0.15) is 24.7 Å². The molecule has 2 atom stereocenters. The highest BCUT2D eigenvalue weighted by Crippen LogP contribution is 2.28. The molecule has 1 saturated heterocycles. The number of aromatic nitrogens is 2. The first-order valence-electron chi connectivity index (χ1n) is 11.0. The molecule has 1 aliphatic rings. The average molecular weight is 456 g/mol. The van der Waals surface area contributed by atoms with Crippen molar-refractivity contribution in [3.63, 3.8) is 0 Å². The number of benzene rings is 2. The first-order valence-corrected chi connectivity index (χ1v) is 11.3. The highest BCUT2D eigenvalue weighted by molar-refractivity contribution is 6.30. The summed E-state index contributed by atoms with van der Waals surface area (Å²) < 4.78 is 14.0. The molecule has 3 aromatic rings. The zero-order chi connectivity index (χ0) is 22.6. The molecular formula is C25H30ClN3O3. The van der Waals surface area contributed by atoms with Gasteiger partial charge in [-0.25, -0.2) is 4.98 Å². The van der Waals surface area contributed by atoms with Gasteiger partial charge in [0.05, 0.1) is 6.54 Å². The van der Waals surface area contributed by atoms with Crippen molar-refractivity contribution in [2.24, 2.45) is 0 Å². The number of ether oxygens (including phenoxy) is 2. The quantitative estimate of drug-likeness (QED) is 0.548. The molecule has 0 aliphatic carbocycles. The average Bonchev–Trinajstić information content (AvgIpc) is 3.16. The van der Waals surface area contributed by atoms with Gasteiger partial charge in [-0.1, -0.05) is 29.8 Å². The van der Waals surface area contributed by atoms with Gasteiger partial charge in [-0.15, -0.1) is 0 Å². The maximum absolute atomic E-state index is 11.0. The lowest BCUT2D eigenvalue weighted by Crippen LogP contribution is -2.56. The monoisotopic (exact) mass is 455 g/mol.